The van der Waals surface area contributed by atoms with E-state index in [-0.39, 0.29) is 4.90 Å². The highest BCUT2D eigenvalue weighted by molar-refractivity contribution is 7.89. The smallest absolute Gasteiger partial charge is 0.244 e. The van der Waals surface area contributed by atoms with E-state index in [1.807, 2.05) is 57.3 Å². The van der Waals surface area contributed by atoms with E-state index in [4.69, 9.17) is 4.74 Å². The van der Waals surface area contributed by atoms with Crippen molar-refractivity contribution in [2.75, 3.05) is 7.11 Å². The van der Waals surface area contributed by atoms with Crippen LogP contribution in [0.1, 0.15) is 29.7 Å². The van der Waals surface area contributed by atoms with Crippen LogP contribution in [0.5, 0.6) is 5.75 Å². The normalized spacial score (nSPS) is 12.7. The third-order valence-corrected chi connectivity index (χ3v) is 6.12. The number of methoxy groups -OCH3 is 1. The van der Waals surface area contributed by atoms with E-state index in [1.54, 1.807) is 23.0 Å². The van der Waals surface area contributed by atoms with Gasteiger partial charge in [-0.25, -0.2) is 17.8 Å². The van der Waals surface area contributed by atoms with E-state index in [1.165, 1.54) is 7.11 Å². The molecule has 1 aromatic heterocycles. The fourth-order valence-corrected chi connectivity index (χ4v) is 4.42. The SMILES string of the molecule is COc1cc(C)c(C)cc1S(=O)(=O)NC(C)c1ccccc1-n1cccn1. The first-order chi connectivity index (χ1) is 12.8. The predicted molar refractivity (Wildman–Crippen MR) is 105 cm³/mol. The maximum absolute atomic E-state index is 13.0. The van der Waals surface area contributed by atoms with Crippen molar-refractivity contribution >= 4 is 10.0 Å². The molecule has 3 aromatic rings. The summed E-state index contributed by atoms with van der Waals surface area (Å²) < 4.78 is 35.9. The molecular weight excluding hydrogens is 362 g/mol. The van der Waals surface area contributed by atoms with Crippen LogP contribution in [0.3, 0.4) is 0 Å². The van der Waals surface area contributed by atoms with E-state index in [0.717, 1.165) is 22.4 Å². The molecule has 3 rings (SSSR count). The molecule has 1 atom stereocenters. The molecule has 0 amide bonds. The lowest BCUT2D eigenvalue weighted by molar-refractivity contribution is 0.401. The van der Waals surface area contributed by atoms with Crippen LogP contribution >= 0.6 is 0 Å². The van der Waals surface area contributed by atoms with Gasteiger partial charge in [0.15, 0.2) is 0 Å². The molecule has 1 heterocycles. The number of nitrogens with zero attached hydrogens (tertiary/aromatic N) is 2. The van der Waals surface area contributed by atoms with Crippen molar-refractivity contribution in [1.29, 1.82) is 0 Å². The Morgan fingerprint density at radius 1 is 1.11 bits per heavy atom. The Balaban J connectivity index is 1.98. The number of hydrogen-bond donors (Lipinski definition) is 1. The minimum absolute atomic E-state index is 0.136. The highest BCUT2D eigenvalue weighted by Gasteiger charge is 2.24. The second-order valence-electron chi connectivity index (χ2n) is 6.44. The summed E-state index contributed by atoms with van der Waals surface area (Å²) in [6.07, 6.45) is 3.51. The van der Waals surface area contributed by atoms with Gasteiger partial charge in [-0.3, -0.25) is 0 Å². The van der Waals surface area contributed by atoms with E-state index in [2.05, 4.69) is 9.82 Å². The number of aromatic nitrogens is 2. The van der Waals surface area contributed by atoms with E-state index < -0.39 is 16.1 Å². The monoisotopic (exact) mass is 385 g/mol. The Labute approximate surface area is 159 Å². The minimum Gasteiger partial charge on any atom is -0.495 e. The van der Waals surface area contributed by atoms with Crippen molar-refractivity contribution in [2.45, 2.75) is 31.7 Å². The Bertz CT molecular complexity index is 1040. The van der Waals surface area contributed by atoms with Crippen molar-refractivity contribution in [2.24, 2.45) is 0 Å². The number of aryl methyl sites for hydroxylation is 2. The summed E-state index contributed by atoms with van der Waals surface area (Å²) in [5.41, 5.74) is 3.51. The zero-order valence-corrected chi connectivity index (χ0v) is 16.6. The second kappa shape index (κ2) is 7.54. The van der Waals surface area contributed by atoms with Crippen molar-refractivity contribution < 1.29 is 13.2 Å². The lowest BCUT2D eigenvalue weighted by atomic mass is 10.1. The van der Waals surface area contributed by atoms with Crippen LogP contribution in [0.15, 0.2) is 59.8 Å². The third-order valence-electron chi connectivity index (χ3n) is 4.56. The molecule has 6 nitrogen and oxygen atoms in total. The molecule has 7 heteroatoms. The number of para-hydroxylation sites is 1. The lowest BCUT2D eigenvalue weighted by Crippen LogP contribution is -2.28. The molecule has 0 spiro atoms. The molecular formula is C20H23N3O3S. The number of rotatable bonds is 6. The van der Waals surface area contributed by atoms with Crippen molar-refractivity contribution in [3.05, 3.63) is 71.5 Å². The Kier molecular flexibility index (Phi) is 5.34. The first kappa shape index (κ1) is 19.1. The zero-order chi connectivity index (χ0) is 19.6. The third kappa shape index (κ3) is 3.89. The molecule has 2 aromatic carbocycles. The predicted octanol–water partition coefficient (Wildman–Crippen LogP) is 3.54. The fourth-order valence-electron chi connectivity index (χ4n) is 2.97. The molecule has 0 fully saturated rings. The number of ether oxygens (including phenoxy) is 1. The topological polar surface area (TPSA) is 73.2 Å². The summed E-state index contributed by atoms with van der Waals surface area (Å²) in [4.78, 5) is 0.136. The zero-order valence-electron chi connectivity index (χ0n) is 15.8. The second-order valence-corrected chi connectivity index (χ2v) is 8.12. The highest BCUT2D eigenvalue weighted by Crippen LogP contribution is 2.29. The van der Waals surface area contributed by atoms with Gasteiger partial charge in [0.05, 0.1) is 12.8 Å². The van der Waals surface area contributed by atoms with Gasteiger partial charge in [-0.1, -0.05) is 18.2 Å². The van der Waals surface area contributed by atoms with Gasteiger partial charge in [-0.2, -0.15) is 5.10 Å². The lowest BCUT2D eigenvalue weighted by Gasteiger charge is -2.19. The molecule has 142 valence electrons. The van der Waals surface area contributed by atoms with Crippen LogP contribution < -0.4 is 9.46 Å². The van der Waals surface area contributed by atoms with Gasteiger partial charge in [-0.15, -0.1) is 0 Å². The van der Waals surface area contributed by atoms with Crippen molar-refractivity contribution in [3.63, 3.8) is 0 Å². The summed E-state index contributed by atoms with van der Waals surface area (Å²) in [6.45, 7) is 5.61. The van der Waals surface area contributed by atoms with Crippen LogP contribution in [0.25, 0.3) is 5.69 Å². The van der Waals surface area contributed by atoms with E-state index in [0.29, 0.717) is 5.75 Å². The summed E-state index contributed by atoms with van der Waals surface area (Å²) in [5, 5.41) is 4.25. The summed E-state index contributed by atoms with van der Waals surface area (Å²) in [7, 11) is -2.31. The molecule has 0 aliphatic rings. The molecule has 0 aliphatic carbocycles. The Morgan fingerprint density at radius 3 is 2.48 bits per heavy atom. The summed E-state index contributed by atoms with van der Waals surface area (Å²) in [5.74, 6) is 0.332. The average molecular weight is 385 g/mol. The van der Waals surface area contributed by atoms with Gasteiger partial charge in [-0.05, 0) is 61.7 Å². The standard InChI is InChI=1S/C20H23N3O3S/c1-14-12-19(26-4)20(13-15(14)2)27(24,25)22-16(3)17-8-5-6-9-18(17)23-11-7-10-21-23/h5-13,16,22H,1-4H3. The van der Waals surface area contributed by atoms with Crippen LogP contribution in [-0.2, 0) is 10.0 Å². The fraction of sp³-hybridized carbons (Fsp3) is 0.250. The van der Waals surface area contributed by atoms with Crippen molar-refractivity contribution in [3.8, 4) is 11.4 Å². The van der Waals surface area contributed by atoms with Gasteiger partial charge < -0.3 is 4.74 Å². The molecule has 1 N–H and O–H groups in total. The minimum atomic E-state index is -3.78. The van der Waals surface area contributed by atoms with Crippen molar-refractivity contribution in [1.82, 2.24) is 14.5 Å². The highest BCUT2D eigenvalue weighted by atomic mass is 32.2. The van der Waals surface area contributed by atoms with Crippen LogP contribution in [0.4, 0.5) is 0 Å². The summed E-state index contributed by atoms with van der Waals surface area (Å²) >= 11 is 0. The largest absolute Gasteiger partial charge is 0.495 e. The molecule has 0 saturated heterocycles. The van der Waals surface area contributed by atoms with Gasteiger partial charge in [0, 0.05) is 18.4 Å². The molecule has 27 heavy (non-hydrogen) atoms. The number of hydrogen-bond acceptors (Lipinski definition) is 4. The number of benzene rings is 2. The maximum Gasteiger partial charge on any atom is 0.244 e. The number of sulfonamides is 1. The van der Waals surface area contributed by atoms with Crippen LogP contribution in [-0.4, -0.2) is 25.3 Å². The maximum atomic E-state index is 13.0. The van der Waals surface area contributed by atoms with Gasteiger partial charge in [0.25, 0.3) is 0 Å². The van der Waals surface area contributed by atoms with E-state index >= 15 is 0 Å². The molecule has 0 saturated carbocycles. The van der Waals surface area contributed by atoms with E-state index in [9.17, 15) is 8.42 Å². The Hall–Kier alpha value is -2.64. The van der Waals surface area contributed by atoms with Crippen LogP contribution in [0, 0.1) is 13.8 Å². The molecule has 0 aliphatic heterocycles. The van der Waals surface area contributed by atoms with Gasteiger partial charge >= 0.3 is 0 Å². The average Bonchev–Trinajstić information content (AvgIpc) is 3.17. The van der Waals surface area contributed by atoms with Gasteiger partial charge in [0.1, 0.15) is 10.6 Å². The molecule has 0 radical (unpaired) electrons. The quantitative estimate of drug-likeness (QED) is 0.704. The Morgan fingerprint density at radius 2 is 1.81 bits per heavy atom. The number of nitrogens with one attached hydrogen (secondary N) is 1. The first-order valence-electron chi connectivity index (χ1n) is 8.60. The van der Waals surface area contributed by atoms with Gasteiger partial charge in [0.2, 0.25) is 10.0 Å². The first-order valence-corrected chi connectivity index (χ1v) is 10.1. The summed E-state index contributed by atoms with van der Waals surface area (Å²) in [6, 6.07) is 12.3. The van der Waals surface area contributed by atoms with Crippen LogP contribution in [0.2, 0.25) is 0 Å². The molecule has 0 bridgehead atoms. The molecule has 1 unspecified atom stereocenters.